The van der Waals surface area contributed by atoms with Crippen LogP contribution in [0.4, 0.5) is 11.4 Å². The molecular formula is C23H25N5O3S. The number of fused-ring (bicyclic) bond motifs is 1. The quantitative estimate of drug-likeness (QED) is 0.576. The summed E-state index contributed by atoms with van der Waals surface area (Å²) in [4.78, 5) is 26.8. The van der Waals surface area contributed by atoms with Crippen LogP contribution >= 0.6 is 11.8 Å². The van der Waals surface area contributed by atoms with Gasteiger partial charge in [-0.05, 0) is 50.1 Å². The SMILES string of the molecule is Cc1ccc(C)c(NC(=O)CSc2nnc([C@@H](C)N3C(=O)COc4ccccc43)n2C)c1. The van der Waals surface area contributed by atoms with Crippen molar-refractivity contribution in [1.82, 2.24) is 14.8 Å². The zero-order chi connectivity index (χ0) is 22.8. The van der Waals surface area contributed by atoms with Crippen LogP contribution in [-0.4, -0.2) is 38.9 Å². The minimum absolute atomic E-state index is 0.0145. The van der Waals surface area contributed by atoms with Crippen molar-refractivity contribution < 1.29 is 14.3 Å². The largest absolute Gasteiger partial charge is 0.482 e. The van der Waals surface area contributed by atoms with Crippen LogP contribution in [0.3, 0.4) is 0 Å². The van der Waals surface area contributed by atoms with E-state index in [1.807, 2.05) is 74.9 Å². The highest BCUT2D eigenvalue weighted by molar-refractivity contribution is 7.99. The highest BCUT2D eigenvalue weighted by Crippen LogP contribution is 2.37. The average Bonchev–Trinajstić information content (AvgIpc) is 3.14. The van der Waals surface area contributed by atoms with E-state index in [1.165, 1.54) is 11.8 Å². The number of hydrogen-bond acceptors (Lipinski definition) is 6. The summed E-state index contributed by atoms with van der Waals surface area (Å²) in [6.07, 6.45) is 0. The number of ether oxygens (including phenoxy) is 1. The molecule has 166 valence electrons. The summed E-state index contributed by atoms with van der Waals surface area (Å²) in [6, 6.07) is 13.0. The minimum Gasteiger partial charge on any atom is -0.482 e. The van der Waals surface area contributed by atoms with E-state index < -0.39 is 0 Å². The summed E-state index contributed by atoms with van der Waals surface area (Å²) in [5.41, 5.74) is 3.62. The molecule has 0 fully saturated rings. The third-order valence-corrected chi connectivity index (χ3v) is 6.39. The third-order valence-electron chi connectivity index (χ3n) is 5.37. The molecule has 0 radical (unpaired) electrons. The molecule has 0 saturated heterocycles. The first-order chi connectivity index (χ1) is 15.3. The van der Waals surface area contributed by atoms with Gasteiger partial charge in [0.1, 0.15) is 5.75 Å². The van der Waals surface area contributed by atoms with E-state index in [2.05, 4.69) is 15.5 Å². The molecule has 9 heteroatoms. The maximum absolute atomic E-state index is 12.6. The van der Waals surface area contributed by atoms with Crippen molar-refractivity contribution in [2.24, 2.45) is 7.05 Å². The van der Waals surface area contributed by atoms with Gasteiger partial charge in [0.25, 0.3) is 5.91 Å². The number of amides is 2. The lowest BCUT2D eigenvalue weighted by molar-refractivity contribution is -0.121. The van der Waals surface area contributed by atoms with Gasteiger partial charge in [-0.3, -0.25) is 14.5 Å². The van der Waals surface area contributed by atoms with Crippen LogP contribution < -0.4 is 15.0 Å². The maximum Gasteiger partial charge on any atom is 0.265 e. The first-order valence-electron chi connectivity index (χ1n) is 10.3. The normalized spacial score (nSPS) is 14.0. The smallest absolute Gasteiger partial charge is 0.265 e. The molecule has 1 aromatic heterocycles. The Morgan fingerprint density at radius 2 is 2.00 bits per heavy atom. The molecule has 0 unspecified atom stereocenters. The Balaban J connectivity index is 1.46. The molecule has 4 rings (SSSR count). The monoisotopic (exact) mass is 451 g/mol. The van der Waals surface area contributed by atoms with Gasteiger partial charge in [0.05, 0.1) is 17.5 Å². The lowest BCUT2D eigenvalue weighted by Crippen LogP contribution is -2.41. The van der Waals surface area contributed by atoms with Gasteiger partial charge >= 0.3 is 0 Å². The molecule has 3 aromatic rings. The first kappa shape index (κ1) is 21.9. The fourth-order valence-electron chi connectivity index (χ4n) is 3.66. The van der Waals surface area contributed by atoms with Gasteiger partial charge < -0.3 is 14.6 Å². The minimum atomic E-state index is -0.344. The first-order valence-corrected chi connectivity index (χ1v) is 11.3. The second kappa shape index (κ2) is 9.04. The van der Waals surface area contributed by atoms with Crippen LogP contribution in [0.15, 0.2) is 47.6 Å². The molecule has 0 spiro atoms. The molecule has 8 nitrogen and oxygen atoms in total. The zero-order valence-electron chi connectivity index (χ0n) is 18.5. The van der Waals surface area contributed by atoms with Crippen molar-refractivity contribution in [3.8, 4) is 5.75 Å². The van der Waals surface area contributed by atoms with Crippen LogP contribution in [-0.2, 0) is 16.6 Å². The summed E-state index contributed by atoms with van der Waals surface area (Å²) < 4.78 is 7.36. The van der Waals surface area contributed by atoms with Crippen molar-refractivity contribution in [2.45, 2.75) is 32.0 Å². The molecule has 1 N–H and O–H groups in total. The number of aryl methyl sites for hydroxylation is 2. The van der Waals surface area contributed by atoms with Gasteiger partial charge in [-0.15, -0.1) is 10.2 Å². The van der Waals surface area contributed by atoms with Crippen LogP contribution in [0.1, 0.15) is 29.9 Å². The third kappa shape index (κ3) is 4.34. The van der Waals surface area contributed by atoms with E-state index in [4.69, 9.17) is 4.74 Å². The van der Waals surface area contributed by atoms with Gasteiger partial charge in [-0.25, -0.2) is 0 Å². The Kier molecular flexibility index (Phi) is 6.18. The molecule has 1 atom stereocenters. The average molecular weight is 452 g/mol. The Bertz CT molecular complexity index is 1180. The number of aromatic nitrogens is 3. The topological polar surface area (TPSA) is 89.3 Å². The van der Waals surface area contributed by atoms with Crippen molar-refractivity contribution in [3.63, 3.8) is 0 Å². The number of anilines is 2. The highest BCUT2D eigenvalue weighted by atomic mass is 32.2. The standard InChI is InChI=1S/C23H25N5O3S/c1-14-9-10-15(2)17(11-14)24-20(29)13-32-23-26-25-22(27(23)4)16(3)28-18-7-5-6-8-19(18)31-12-21(28)30/h5-11,16H,12-13H2,1-4H3,(H,24,29)/t16-/m1/s1. The molecule has 2 aromatic carbocycles. The molecule has 0 saturated carbocycles. The van der Waals surface area contributed by atoms with Crippen LogP contribution in [0, 0.1) is 13.8 Å². The molecule has 2 amide bonds. The Hall–Kier alpha value is -3.33. The maximum atomic E-state index is 12.6. The Morgan fingerprint density at radius 3 is 2.81 bits per heavy atom. The van der Waals surface area contributed by atoms with E-state index in [1.54, 1.807) is 4.90 Å². The lowest BCUT2D eigenvalue weighted by atomic mass is 10.1. The predicted octanol–water partition coefficient (Wildman–Crippen LogP) is 3.65. The van der Waals surface area contributed by atoms with Crippen molar-refractivity contribution in [3.05, 3.63) is 59.4 Å². The number of rotatable bonds is 6. The number of carbonyl (C=O) groups is 2. The Morgan fingerprint density at radius 1 is 1.22 bits per heavy atom. The van der Waals surface area contributed by atoms with Gasteiger partial charge in [0, 0.05) is 12.7 Å². The van der Waals surface area contributed by atoms with Crippen LogP contribution in [0.25, 0.3) is 0 Å². The Labute approximate surface area is 191 Å². The summed E-state index contributed by atoms with van der Waals surface area (Å²) >= 11 is 1.30. The van der Waals surface area contributed by atoms with Crippen molar-refractivity contribution >= 4 is 35.0 Å². The van der Waals surface area contributed by atoms with E-state index in [9.17, 15) is 9.59 Å². The van der Waals surface area contributed by atoms with Gasteiger partial charge in [0.15, 0.2) is 17.6 Å². The van der Waals surface area contributed by atoms with E-state index in [0.717, 1.165) is 16.8 Å². The fraction of sp³-hybridized carbons (Fsp3) is 0.304. The molecule has 0 bridgehead atoms. The number of para-hydroxylation sites is 2. The van der Waals surface area contributed by atoms with Gasteiger partial charge in [0.2, 0.25) is 5.91 Å². The number of carbonyl (C=O) groups excluding carboxylic acids is 2. The lowest BCUT2D eigenvalue weighted by Gasteiger charge is -2.33. The van der Waals surface area contributed by atoms with Crippen molar-refractivity contribution in [1.29, 1.82) is 0 Å². The zero-order valence-corrected chi connectivity index (χ0v) is 19.3. The van der Waals surface area contributed by atoms with Crippen LogP contribution in [0.5, 0.6) is 5.75 Å². The predicted molar refractivity (Wildman–Crippen MR) is 124 cm³/mol. The fourth-order valence-corrected chi connectivity index (χ4v) is 4.38. The van der Waals surface area contributed by atoms with E-state index in [0.29, 0.717) is 22.4 Å². The number of nitrogens with zero attached hydrogens (tertiary/aromatic N) is 4. The second-order valence-electron chi connectivity index (χ2n) is 7.75. The highest BCUT2D eigenvalue weighted by Gasteiger charge is 2.32. The van der Waals surface area contributed by atoms with E-state index in [-0.39, 0.29) is 30.2 Å². The summed E-state index contributed by atoms with van der Waals surface area (Å²) in [7, 11) is 1.84. The summed E-state index contributed by atoms with van der Waals surface area (Å²) in [5.74, 6) is 1.25. The van der Waals surface area contributed by atoms with Gasteiger partial charge in [-0.1, -0.05) is 36.0 Å². The van der Waals surface area contributed by atoms with Crippen molar-refractivity contribution in [2.75, 3.05) is 22.6 Å². The number of nitrogens with one attached hydrogen (secondary N) is 1. The second-order valence-corrected chi connectivity index (χ2v) is 8.69. The molecule has 0 aliphatic carbocycles. The summed E-state index contributed by atoms with van der Waals surface area (Å²) in [6.45, 7) is 5.85. The van der Waals surface area contributed by atoms with E-state index >= 15 is 0 Å². The molecule has 2 heterocycles. The molecule has 32 heavy (non-hydrogen) atoms. The molecule has 1 aliphatic rings. The molecule has 1 aliphatic heterocycles. The number of thioether (sulfide) groups is 1. The number of benzene rings is 2. The summed E-state index contributed by atoms with van der Waals surface area (Å²) in [5, 5.41) is 12.1. The number of hydrogen-bond donors (Lipinski definition) is 1. The molecular weight excluding hydrogens is 426 g/mol. The van der Waals surface area contributed by atoms with Gasteiger partial charge in [-0.2, -0.15) is 0 Å². The van der Waals surface area contributed by atoms with Crippen LogP contribution in [0.2, 0.25) is 0 Å².